The van der Waals surface area contributed by atoms with Crippen LogP contribution in [0.1, 0.15) is 12.5 Å². The average Bonchev–Trinajstić information content (AvgIpc) is 2.38. The van der Waals surface area contributed by atoms with Crippen LogP contribution in [0, 0.1) is 0 Å². The minimum Gasteiger partial charge on any atom is -0.326 e. The number of sulfonamides is 1. The summed E-state index contributed by atoms with van der Waals surface area (Å²) in [6.45, 7) is 2.56. The molecule has 0 radical (unpaired) electrons. The zero-order chi connectivity index (χ0) is 14.9. The van der Waals surface area contributed by atoms with E-state index in [-0.39, 0.29) is 22.5 Å². The third kappa shape index (κ3) is 3.10. The van der Waals surface area contributed by atoms with Gasteiger partial charge in [-0.25, -0.2) is 8.42 Å². The summed E-state index contributed by atoms with van der Waals surface area (Å²) >= 11 is 13.8. The molecule has 112 valence electrons. The molecule has 2 N–H and O–H groups in total. The highest BCUT2D eigenvalue weighted by Gasteiger charge is 2.33. The average molecular weight is 355 g/mol. The Morgan fingerprint density at radius 2 is 2.10 bits per heavy atom. The van der Waals surface area contributed by atoms with E-state index in [1.165, 1.54) is 16.4 Å². The number of hydrogen-bond donors (Lipinski definition) is 1. The molecule has 0 aliphatic carbocycles. The van der Waals surface area contributed by atoms with Crippen molar-refractivity contribution in [2.75, 3.05) is 18.1 Å². The van der Waals surface area contributed by atoms with Crippen molar-refractivity contribution in [3.05, 3.63) is 27.7 Å². The highest BCUT2D eigenvalue weighted by Crippen LogP contribution is 2.32. The molecule has 1 fully saturated rings. The number of nitrogens with zero attached hydrogens (tertiary/aromatic N) is 1. The quantitative estimate of drug-likeness (QED) is 0.905. The second-order valence-corrected chi connectivity index (χ2v) is 8.44. The van der Waals surface area contributed by atoms with Crippen molar-refractivity contribution in [1.82, 2.24) is 4.31 Å². The van der Waals surface area contributed by atoms with Gasteiger partial charge in [-0.05, 0) is 24.6 Å². The first-order valence-corrected chi connectivity index (χ1v) is 9.50. The lowest BCUT2D eigenvalue weighted by molar-refractivity contribution is 0.367. The molecule has 0 spiro atoms. The molecule has 1 aliphatic rings. The van der Waals surface area contributed by atoms with Gasteiger partial charge in [-0.2, -0.15) is 16.1 Å². The number of halogens is 2. The monoisotopic (exact) mass is 354 g/mol. The molecule has 8 heteroatoms. The Kier molecular flexibility index (Phi) is 5.26. The molecule has 4 nitrogen and oxygen atoms in total. The van der Waals surface area contributed by atoms with Gasteiger partial charge in [-0.3, -0.25) is 0 Å². The van der Waals surface area contributed by atoms with E-state index in [0.29, 0.717) is 17.1 Å². The predicted molar refractivity (Wildman–Crippen MR) is 85.0 cm³/mol. The fraction of sp³-hybridized carbons (Fsp3) is 0.500. The lowest BCUT2D eigenvalue weighted by Gasteiger charge is -2.32. The fourth-order valence-electron chi connectivity index (χ4n) is 2.12. The van der Waals surface area contributed by atoms with E-state index in [2.05, 4.69) is 0 Å². The van der Waals surface area contributed by atoms with Crippen LogP contribution in [0.25, 0.3) is 0 Å². The fourth-order valence-corrected chi connectivity index (χ4v) is 5.83. The molecule has 1 aromatic rings. The van der Waals surface area contributed by atoms with Crippen molar-refractivity contribution in [1.29, 1.82) is 0 Å². The maximum absolute atomic E-state index is 12.7. The van der Waals surface area contributed by atoms with Crippen LogP contribution in [0.15, 0.2) is 17.0 Å². The predicted octanol–water partition coefficient (Wildman–Crippen LogP) is 2.58. The summed E-state index contributed by atoms with van der Waals surface area (Å²) < 4.78 is 27.0. The van der Waals surface area contributed by atoms with Crippen LogP contribution in [0.4, 0.5) is 0 Å². The third-order valence-corrected chi connectivity index (χ3v) is 7.23. The first-order valence-electron chi connectivity index (χ1n) is 6.15. The third-order valence-electron chi connectivity index (χ3n) is 3.21. The van der Waals surface area contributed by atoms with Gasteiger partial charge >= 0.3 is 0 Å². The summed E-state index contributed by atoms with van der Waals surface area (Å²) in [5, 5.41) is 0.524. The molecule has 2 rings (SSSR count). The second kappa shape index (κ2) is 6.42. The SMILES string of the molecule is CC1CSCCN1S(=O)(=O)c1cc(CN)c(Cl)cc1Cl. The summed E-state index contributed by atoms with van der Waals surface area (Å²) in [7, 11) is -3.62. The zero-order valence-electron chi connectivity index (χ0n) is 11.0. The van der Waals surface area contributed by atoms with Gasteiger partial charge in [0.2, 0.25) is 10.0 Å². The van der Waals surface area contributed by atoms with Crippen molar-refractivity contribution >= 4 is 45.0 Å². The number of rotatable bonds is 3. The second-order valence-electron chi connectivity index (χ2n) is 4.62. The molecule has 0 amide bonds. The highest BCUT2D eigenvalue weighted by atomic mass is 35.5. The molecule has 20 heavy (non-hydrogen) atoms. The van der Waals surface area contributed by atoms with E-state index in [4.69, 9.17) is 28.9 Å². The molecule has 1 aliphatic heterocycles. The minimum absolute atomic E-state index is 0.0492. The smallest absolute Gasteiger partial charge is 0.244 e. The standard InChI is InChI=1S/C12H16Cl2N2O2S2/c1-8-7-19-3-2-16(8)20(17,18)12-4-9(6-15)10(13)5-11(12)14/h4-5,8H,2-3,6-7,15H2,1H3. The largest absolute Gasteiger partial charge is 0.326 e. The Balaban J connectivity index is 2.48. The van der Waals surface area contributed by atoms with Crippen LogP contribution in [-0.2, 0) is 16.6 Å². The zero-order valence-corrected chi connectivity index (χ0v) is 14.1. The minimum atomic E-state index is -3.62. The van der Waals surface area contributed by atoms with Crippen LogP contribution in [-0.4, -0.2) is 36.8 Å². The first-order chi connectivity index (χ1) is 9.37. The number of thioether (sulfide) groups is 1. The van der Waals surface area contributed by atoms with Crippen molar-refractivity contribution in [2.45, 2.75) is 24.4 Å². The first kappa shape index (κ1) is 16.4. The maximum Gasteiger partial charge on any atom is 0.244 e. The van der Waals surface area contributed by atoms with Gasteiger partial charge in [0.25, 0.3) is 0 Å². The van der Waals surface area contributed by atoms with Gasteiger partial charge in [-0.15, -0.1) is 0 Å². The summed E-state index contributed by atoms with van der Waals surface area (Å²) in [4.78, 5) is 0.0859. The Morgan fingerprint density at radius 1 is 1.40 bits per heavy atom. The Hall–Kier alpha value is 0.0200. The van der Waals surface area contributed by atoms with Gasteiger partial charge in [0, 0.05) is 35.7 Å². The number of benzene rings is 1. The number of hydrogen-bond acceptors (Lipinski definition) is 4. The van der Waals surface area contributed by atoms with E-state index in [0.717, 1.165) is 11.5 Å². The van der Waals surface area contributed by atoms with Crippen LogP contribution in [0.2, 0.25) is 10.0 Å². The van der Waals surface area contributed by atoms with Crippen LogP contribution in [0.3, 0.4) is 0 Å². The molecule has 1 aromatic carbocycles. The summed E-state index contributed by atoms with van der Waals surface area (Å²) in [6, 6.07) is 2.88. The van der Waals surface area contributed by atoms with Gasteiger partial charge in [0.05, 0.1) is 5.02 Å². The maximum atomic E-state index is 12.7. The molecular formula is C12H16Cl2N2O2S2. The molecule has 1 saturated heterocycles. The van der Waals surface area contributed by atoms with Crippen molar-refractivity contribution < 1.29 is 8.42 Å². The Labute approximate surface area is 133 Å². The summed E-state index contributed by atoms with van der Waals surface area (Å²) in [5.74, 6) is 1.58. The summed E-state index contributed by atoms with van der Waals surface area (Å²) in [6.07, 6.45) is 0. The van der Waals surface area contributed by atoms with E-state index >= 15 is 0 Å². The van der Waals surface area contributed by atoms with Crippen LogP contribution >= 0.6 is 35.0 Å². The number of nitrogens with two attached hydrogens (primary N) is 1. The van der Waals surface area contributed by atoms with Gasteiger partial charge in [-0.1, -0.05) is 23.2 Å². The van der Waals surface area contributed by atoms with Gasteiger partial charge in [0.1, 0.15) is 4.90 Å². The van der Waals surface area contributed by atoms with E-state index in [1.807, 2.05) is 6.92 Å². The van der Waals surface area contributed by atoms with Crippen LogP contribution in [0.5, 0.6) is 0 Å². The van der Waals surface area contributed by atoms with Crippen molar-refractivity contribution in [3.8, 4) is 0 Å². The molecule has 1 atom stereocenters. The van der Waals surface area contributed by atoms with E-state index in [1.54, 1.807) is 11.8 Å². The molecule has 1 unspecified atom stereocenters. The topological polar surface area (TPSA) is 63.4 Å². The lowest BCUT2D eigenvalue weighted by Crippen LogP contribution is -2.44. The van der Waals surface area contributed by atoms with Gasteiger partial charge < -0.3 is 5.73 Å². The van der Waals surface area contributed by atoms with E-state index < -0.39 is 10.0 Å². The molecule has 0 bridgehead atoms. The lowest BCUT2D eigenvalue weighted by atomic mass is 10.2. The summed E-state index contributed by atoms with van der Waals surface area (Å²) in [5.41, 5.74) is 6.16. The van der Waals surface area contributed by atoms with E-state index in [9.17, 15) is 8.42 Å². The molecule has 0 aromatic heterocycles. The normalized spacial score (nSPS) is 21.1. The Bertz CT molecular complexity index is 608. The van der Waals surface area contributed by atoms with Gasteiger partial charge in [0.15, 0.2) is 0 Å². The Morgan fingerprint density at radius 3 is 2.70 bits per heavy atom. The van der Waals surface area contributed by atoms with Crippen molar-refractivity contribution in [3.63, 3.8) is 0 Å². The molecule has 1 heterocycles. The molecular weight excluding hydrogens is 339 g/mol. The van der Waals surface area contributed by atoms with Crippen molar-refractivity contribution in [2.24, 2.45) is 5.73 Å². The van der Waals surface area contributed by atoms with Crippen LogP contribution < -0.4 is 5.73 Å². The highest BCUT2D eigenvalue weighted by molar-refractivity contribution is 7.99. The molecule has 0 saturated carbocycles.